The van der Waals surface area contributed by atoms with Crippen molar-refractivity contribution in [1.82, 2.24) is 5.43 Å². The van der Waals surface area contributed by atoms with Crippen LogP contribution in [0.5, 0.6) is 5.75 Å². The summed E-state index contributed by atoms with van der Waals surface area (Å²) >= 11 is 2.25. The molecule has 0 bridgehead atoms. The highest BCUT2D eigenvalue weighted by molar-refractivity contribution is 14.1. The van der Waals surface area contributed by atoms with Crippen LogP contribution in [0.3, 0.4) is 0 Å². The minimum atomic E-state index is 0.359. The first-order chi connectivity index (χ1) is 8.66. The van der Waals surface area contributed by atoms with Crippen LogP contribution in [0.2, 0.25) is 0 Å². The van der Waals surface area contributed by atoms with Crippen LogP contribution in [-0.4, -0.2) is 5.11 Å². The van der Waals surface area contributed by atoms with Crippen LogP contribution in [0.4, 0.5) is 5.69 Å². The van der Waals surface area contributed by atoms with E-state index in [9.17, 15) is 5.11 Å². The summed E-state index contributed by atoms with van der Waals surface area (Å²) in [4.78, 5) is 0. The molecule has 0 heterocycles. The SMILES string of the molecule is Cc1cc(I)cc(CNNc2ccccc2)c1O. The Morgan fingerprint density at radius 2 is 1.89 bits per heavy atom. The number of rotatable bonds is 4. The molecule has 0 saturated heterocycles. The van der Waals surface area contributed by atoms with Crippen LogP contribution in [-0.2, 0) is 6.54 Å². The lowest BCUT2D eigenvalue weighted by molar-refractivity contribution is 0.461. The number of nitrogens with one attached hydrogen (secondary N) is 2. The van der Waals surface area contributed by atoms with Gasteiger partial charge < -0.3 is 10.5 Å². The highest BCUT2D eigenvalue weighted by atomic mass is 127. The lowest BCUT2D eigenvalue weighted by Gasteiger charge is -2.11. The number of aryl methyl sites for hydroxylation is 1. The Morgan fingerprint density at radius 3 is 2.61 bits per heavy atom. The average Bonchev–Trinajstić information content (AvgIpc) is 2.36. The van der Waals surface area contributed by atoms with E-state index >= 15 is 0 Å². The molecule has 0 aliphatic heterocycles. The standard InChI is InChI=1S/C14H15IN2O/c1-10-7-12(15)8-11(14(10)18)9-16-17-13-5-3-2-4-6-13/h2-8,16-18H,9H2,1H3. The number of phenolic OH excluding ortho intramolecular Hbond substituents is 1. The molecule has 2 aromatic rings. The third-order valence-corrected chi connectivity index (χ3v) is 3.25. The fourth-order valence-corrected chi connectivity index (χ4v) is 2.55. The molecule has 2 aromatic carbocycles. The molecule has 0 spiro atoms. The predicted molar refractivity (Wildman–Crippen MR) is 82.5 cm³/mol. The molecule has 0 amide bonds. The predicted octanol–water partition coefficient (Wildman–Crippen LogP) is 3.42. The Balaban J connectivity index is 1.99. The summed E-state index contributed by atoms with van der Waals surface area (Å²) in [5.41, 5.74) is 8.99. The molecule has 0 unspecified atom stereocenters. The summed E-state index contributed by atoms with van der Waals surface area (Å²) in [5, 5.41) is 9.95. The van der Waals surface area contributed by atoms with Crippen LogP contribution in [0, 0.1) is 10.5 Å². The van der Waals surface area contributed by atoms with Gasteiger partial charge in [0, 0.05) is 21.4 Å². The van der Waals surface area contributed by atoms with Gasteiger partial charge in [-0.15, -0.1) is 0 Å². The number of aromatic hydroxyl groups is 1. The average molecular weight is 354 g/mol. The molecule has 0 aromatic heterocycles. The van der Waals surface area contributed by atoms with Gasteiger partial charge in [-0.2, -0.15) is 0 Å². The maximum atomic E-state index is 9.95. The van der Waals surface area contributed by atoms with E-state index in [0.717, 1.165) is 20.4 Å². The Kier molecular flexibility index (Phi) is 4.43. The van der Waals surface area contributed by atoms with Crippen molar-refractivity contribution in [2.45, 2.75) is 13.5 Å². The van der Waals surface area contributed by atoms with Crippen molar-refractivity contribution in [3.05, 3.63) is 57.2 Å². The van der Waals surface area contributed by atoms with Gasteiger partial charge in [-0.05, 0) is 59.3 Å². The molecular weight excluding hydrogens is 339 g/mol. The topological polar surface area (TPSA) is 44.3 Å². The monoisotopic (exact) mass is 354 g/mol. The van der Waals surface area contributed by atoms with Crippen LogP contribution in [0.25, 0.3) is 0 Å². The number of benzene rings is 2. The number of phenols is 1. The van der Waals surface area contributed by atoms with Crippen molar-refractivity contribution >= 4 is 28.3 Å². The van der Waals surface area contributed by atoms with Crippen LogP contribution < -0.4 is 10.9 Å². The summed E-state index contributed by atoms with van der Waals surface area (Å²) in [6, 6.07) is 13.8. The van der Waals surface area contributed by atoms with Crippen molar-refractivity contribution < 1.29 is 5.11 Å². The largest absolute Gasteiger partial charge is 0.507 e. The minimum Gasteiger partial charge on any atom is -0.507 e. The van der Waals surface area contributed by atoms with Crippen molar-refractivity contribution in [1.29, 1.82) is 0 Å². The normalized spacial score (nSPS) is 10.3. The van der Waals surface area contributed by atoms with Gasteiger partial charge in [0.2, 0.25) is 0 Å². The molecule has 0 aliphatic carbocycles. The van der Waals surface area contributed by atoms with Gasteiger partial charge in [-0.25, -0.2) is 5.43 Å². The van der Waals surface area contributed by atoms with E-state index in [1.54, 1.807) is 0 Å². The fraction of sp³-hybridized carbons (Fsp3) is 0.143. The van der Waals surface area contributed by atoms with E-state index in [-0.39, 0.29) is 0 Å². The number of hydrogen-bond donors (Lipinski definition) is 3. The summed E-state index contributed by atoms with van der Waals surface area (Å²) < 4.78 is 1.12. The lowest BCUT2D eigenvalue weighted by atomic mass is 10.1. The quantitative estimate of drug-likeness (QED) is 0.582. The zero-order valence-electron chi connectivity index (χ0n) is 10.1. The Bertz CT molecular complexity index is 529. The zero-order valence-corrected chi connectivity index (χ0v) is 12.2. The zero-order chi connectivity index (χ0) is 13.0. The number of hydrogen-bond acceptors (Lipinski definition) is 3. The molecule has 3 N–H and O–H groups in total. The maximum absolute atomic E-state index is 9.95. The van der Waals surface area contributed by atoms with Crippen molar-refractivity contribution in [3.8, 4) is 5.75 Å². The molecule has 0 atom stereocenters. The smallest absolute Gasteiger partial charge is 0.123 e. The van der Waals surface area contributed by atoms with E-state index in [1.807, 2.05) is 49.4 Å². The maximum Gasteiger partial charge on any atom is 0.123 e. The third-order valence-electron chi connectivity index (χ3n) is 2.63. The summed E-state index contributed by atoms with van der Waals surface area (Å²) in [7, 11) is 0. The third kappa shape index (κ3) is 3.36. The first-order valence-corrected chi connectivity index (χ1v) is 6.76. The molecule has 2 rings (SSSR count). The van der Waals surface area contributed by atoms with Gasteiger partial charge in [0.25, 0.3) is 0 Å². The molecule has 0 radical (unpaired) electrons. The Labute approximate surface area is 120 Å². The van der Waals surface area contributed by atoms with Gasteiger partial charge in [0.05, 0.1) is 0 Å². The highest BCUT2D eigenvalue weighted by Crippen LogP contribution is 2.24. The molecule has 18 heavy (non-hydrogen) atoms. The fourth-order valence-electron chi connectivity index (χ4n) is 1.70. The van der Waals surface area contributed by atoms with Gasteiger partial charge in [-0.3, -0.25) is 0 Å². The molecule has 0 saturated carbocycles. The molecule has 0 aliphatic rings. The van der Waals surface area contributed by atoms with E-state index < -0.39 is 0 Å². The van der Waals surface area contributed by atoms with Gasteiger partial charge in [0.15, 0.2) is 0 Å². The Hall–Kier alpha value is -1.27. The first-order valence-electron chi connectivity index (χ1n) is 5.69. The summed E-state index contributed by atoms with van der Waals surface area (Å²) in [6.45, 7) is 2.48. The van der Waals surface area contributed by atoms with Gasteiger partial charge >= 0.3 is 0 Å². The molecule has 3 nitrogen and oxygen atoms in total. The number of halogens is 1. The summed E-state index contributed by atoms with van der Waals surface area (Å²) in [5.74, 6) is 0.359. The van der Waals surface area contributed by atoms with Crippen LogP contribution in [0.1, 0.15) is 11.1 Å². The number of anilines is 1. The van der Waals surface area contributed by atoms with E-state index in [2.05, 4.69) is 33.4 Å². The lowest BCUT2D eigenvalue weighted by Crippen LogP contribution is -2.21. The number of para-hydroxylation sites is 1. The second kappa shape index (κ2) is 6.06. The molecule has 4 heteroatoms. The second-order valence-corrected chi connectivity index (χ2v) is 5.32. The highest BCUT2D eigenvalue weighted by Gasteiger charge is 2.05. The van der Waals surface area contributed by atoms with Gasteiger partial charge in [0.1, 0.15) is 5.75 Å². The second-order valence-electron chi connectivity index (χ2n) is 4.07. The van der Waals surface area contributed by atoms with Crippen LogP contribution >= 0.6 is 22.6 Å². The van der Waals surface area contributed by atoms with Crippen LogP contribution in [0.15, 0.2) is 42.5 Å². The van der Waals surface area contributed by atoms with Crippen molar-refractivity contribution in [2.75, 3.05) is 5.43 Å². The minimum absolute atomic E-state index is 0.359. The van der Waals surface area contributed by atoms with E-state index in [4.69, 9.17) is 0 Å². The number of hydrazine groups is 1. The van der Waals surface area contributed by atoms with Crippen molar-refractivity contribution in [2.24, 2.45) is 0 Å². The van der Waals surface area contributed by atoms with E-state index in [0.29, 0.717) is 12.3 Å². The Morgan fingerprint density at radius 1 is 1.17 bits per heavy atom. The molecular formula is C14H15IN2O. The summed E-state index contributed by atoms with van der Waals surface area (Å²) in [6.07, 6.45) is 0. The van der Waals surface area contributed by atoms with Crippen molar-refractivity contribution in [3.63, 3.8) is 0 Å². The van der Waals surface area contributed by atoms with Gasteiger partial charge in [-0.1, -0.05) is 18.2 Å². The molecule has 0 fully saturated rings. The molecule has 94 valence electrons. The first kappa shape index (κ1) is 13.2. The van der Waals surface area contributed by atoms with E-state index in [1.165, 1.54) is 0 Å².